The number of halogens is 1. The molecule has 2 aromatic carbocycles. The van der Waals surface area contributed by atoms with Crippen LogP contribution in [0.5, 0.6) is 5.75 Å². The predicted octanol–water partition coefficient (Wildman–Crippen LogP) is 5.04. The molecule has 0 spiro atoms. The molecule has 0 unspecified atom stereocenters. The molecule has 0 fully saturated rings. The Kier molecular flexibility index (Phi) is 6.19. The molecule has 2 N–H and O–H groups in total. The summed E-state index contributed by atoms with van der Waals surface area (Å²) in [5.41, 5.74) is 10.9. The van der Waals surface area contributed by atoms with Gasteiger partial charge in [0.15, 0.2) is 0 Å². The Hall–Kier alpha value is -2.35. The van der Waals surface area contributed by atoms with Gasteiger partial charge >= 0.3 is 0 Å². The summed E-state index contributed by atoms with van der Waals surface area (Å²) in [6.07, 6.45) is 1.72. The summed E-state index contributed by atoms with van der Waals surface area (Å²) in [5.74, 6) is 0.795. The van der Waals surface area contributed by atoms with Gasteiger partial charge in [-0.25, -0.2) is 0 Å². The number of nitriles is 1. The third kappa shape index (κ3) is 4.82. The molecule has 0 aromatic heterocycles. The second-order valence-electron chi connectivity index (χ2n) is 5.87. The van der Waals surface area contributed by atoms with E-state index in [9.17, 15) is 5.26 Å². The molecule has 0 aliphatic carbocycles. The molecule has 128 valence electrons. The first-order chi connectivity index (χ1) is 11.8. The number of rotatable bonds is 5. The van der Waals surface area contributed by atoms with Crippen LogP contribution in [-0.2, 0) is 6.61 Å². The summed E-state index contributed by atoms with van der Waals surface area (Å²) in [4.78, 5) is 0.0954. The Morgan fingerprint density at radius 2 is 2.00 bits per heavy atom. The van der Waals surface area contributed by atoms with Crippen LogP contribution in [-0.4, -0.2) is 4.99 Å². The molecule has 0 amide bonds. The van der Waals surface area contributed by atoms with Crippen LogP contribution in [0.4, 0.5) is 0 Å². The van der Waals surface area contributed by atoms with E-state index in [1.165, 1.54) is 0 Å². The first-order valence-electron chi connectivity index (χ1n) is 7.72. The fourth-order valence-electron chi connectivity index (χ4n) is 2.51. The quantitative estimate of drug-likeness (QED) is 0.455. The van der Waals surface area contributed by atoms with E-state index in [0.717, 1.165) is 33.6 Å². The van der Waals surface area contributed by atoms with Crippen molar-refractivity contribution in [3.8, 4) is 11.8 Å². The third-order valence-electron chi connectivity index (χ3n) is 3.91. The smallest absolute Gasteiger partial charge is 0.122 e. The van der Waals surface area contributed by atoms with Gasteiger partial charge in [-0.05, 0) is 67.3 Å². The van der Waals surface area contributed by atoms with Gasteiger partial charge in [0.2, 0.25) is 0 Å². The molecule has 0 saturated carbocycles. The average Bonchev–Trinajstić information content (AvgIpc) is 2.54. The largest absolute Gasteiger partial charge is 0.489 e. The molecular weight excluding hydrogens is 352 g/mol. The maximum atomic E-state index is 9.17. The zero-order chi connectivity index (χ0) is 18.6. The van der Waals surface area contributed by atoms with Gasteiger partial charge in [0.1, 0.15) is 23.4 Å². The lowest BCUT2D eigenvalue weighted by atomic mass is 9.98. The van der Waals surface area contributed by atoms with Gasteiger partial charge in [-0.3, -0.25) is 0 Å². The van der Waals surface area contributed by atoms with Gasteiger partial charge in [0.05, 0.1) is 5.57 Å². The van der Waals surface area contributed by atoms with Crippen molar-refractivity contribution in [3.63, 3.8) is 0 Å². The van der Waals surface area contributed by atoms with E-state index >= 15 is 0 Å². The summed E-state index contributed by atoms with van der Waals surface area (Å²) in [6, 6.07) is 11.7. The minimum Gasteiger partial charge on any atom is -0.489 e. The normalized spacial score (nSPS) is 11.1. The van der Waals surface area contributed by atoms with E-state index in [1.807, 2.05) is 51.1 Å². The van der Waals surface area contributed by atoms with Gasteiger partial charge in [0.25, 0.3) is 0 Å². The van der Waals surface area contributed by atoms with Gasteiger partial charge in [-0.15, -0.1) is 0 Å². The molecular formula is C20H19ClN2OS. The van der Waals surface area contributed by atoms with Crippen LogP contribution < -0.4 is 10.5 Å². The number of ether oxygens (including phenoxy) is 1. The molecule has 0 saturated heterocycles. The van der Waals surface area contributed by atoms with Crippen molar-refractivity contribution in [3.05, 3.63) is 68.7 Å². The maximum Gasteiger partial charge on any atom is 0.122 e. The average molecular weight is 371 g/mol. The molecule has 0 atom stereocenters. The highest BCUT2D eigenvalue weighted by molar-refractivity contribution is 7.80. The molecule has 0 aliphatic heterocycles. The molecule has 0 radical (unpaired) electrons. The van der Waals surface area contributed by atoms with Gasteiger partial charge in [0, 0.05) is 5.02 Å². The van der Waals surface area contributed by atoms with Crippen molar-refractivity contribution in [2.75, 3.05) is 0 Å². The lowest BCUT2D eigenvalue weighted by Gasteiger charge is -2.14. The van der Waals surface area contributed by atoms with Crippen molar-refractivity contribution in [2.45, 2.75) is 27.4 Å². The van der Waals surface area contributed by atoms with E-state index in [2.05, 4.69) is 6.07 Å². The van der Waals surface area contributed by atoms with Gasteiger partial charge < -0.3 is 10.5 Å². The van der Waals surface area contributed by atoms with E-state index in [1.54, 1.807) is 6.08 Å². The number of nitrogens with two attached hydrogens (primary N) is 1. The molecule has 0 aliphatic rings. The standard InChI is InChI=1S/C20H19ClN2OS/c1-12-6-15(9-16(10-22)20(23)25)14(3)17(7-12)11-24-19-5-4-18(21)8-13(19)2/h4-9H,11H2,1-3H3,(H2,23,25)/b16-9-. The monoisotopic (exact) mass is 370 g/mol. The molecule has 0 heterocycles. The molecule has 2 rings (SSSR count). The van der Waals surface area contributed by atoms with Gasteiger partial charge in [-0.1, -0.05) is 41.5 Å². The van der Waals surface area contributed by atoms with Crippen molar-refractivity contribution in [1.82, 2.24) is 0 Å². The van der Waals surface area contributed by atoms with Crippen LogP contribution in [0, 0.1) is 32.1 Å². The fourth-order valence-corrected chi connectivity index (χ4v) is 2.84. The first kappa shape index (κ1) is 19.0. The highest BCUT2D eigenvalue weighted by Crippen LogP contribution is 2.25. The number of thiocarbonyl (C=S) groups is 1. The van der Waals surface area contributed by atoms with E-state index in [0.29, 0.717) is 17.2 Å². The van der Waals surface area contributed by atoms with E-state index in [-0.39, 0.29) is 4.99 Å². The number of hydrogen-bond acceptors (Lipinski definition) is 3. The molecule has 0 bridgehead atoms. The van der Waals surface area contributed by atoms with E-state index < -0.39 is 0 Å². The summed E-state index contributed by atoms with van der Waals surface area (Å²) in [7, 11) is 0. The number of hydrogen-bond donors (Lipinski definition) is 1. The maximum absolute atomic E-state index is 9.17. The van der Waals surface area contributed by atoms with Crippen LogP contribution in [0.15, 0.2) is 35.9 Å². The lowest BCUT2D eigenvalue weighted by Crippen LogP contribution is -2.10. The summed E-state index contributed by atoms with van der Waals surface area (Å²) >= 11 is 10.9. The Labute approximate surface area is 158 Å². The number of nitrogens with zero attached hydrogens (tertiary/aromatic N) is 1. The zero-order valence-electron chi connectivity index (χ0n) is 14.4. The first-order valence-corrected chi connectivity index (χ1v) is 8.51. The van der Waals surface area contributed by atoms with Crippen LogP contribution in [0.3, 0.4) is 0 Å². The van der Waals surface area contributed by atoms with Crippen molar-refractivity contribution in [2.24, 2.45) is 5.73 Å². The van der Waals surface area contributed by atoms with Crippen LogP contribution >= 0.6 is 23.8 Å². The number of aryl methyl sites for hydroxylation is 2. The van der Waals surface area contributed by atoms with Crippen LogP contribution in [0.25, 0.3) is 6.08 Å². The van der Waals surface area contributed by atoms with Crippen molar-refractivity contribution in [1.29, 1.82) is 5.26 Å². The van der Waals surface area contributed by atoms with Crippen LogP contribution in [0.2, 0.25) is 5.02 Å². The second kappa shape index (κ2) is 8.15. The SMILES string of the molecule is Cc1cc(/C=C(/C#N)C(N)=S)c(C)c(COc2ccc(Cl)cc2C)c1. The topological polar surface area (TPSA) is 59.0 Å². The summed E-state index contributed by atoms with van der Waals surface area (Å²) in [6.45, 7) is 6.37. The second-order valence-corrected chi connectivity index (χ2v) is 6.75. The third-order valence-corrected chi connectivity index (χ3v) is 4.36. The Balaban J connectivity index is 2.33. The summed E-state index contributed by atoms with van der Waals surface area (Å²) in [5, 5.41) is 9.86. The fraction of sp³-hybridized carbons (Fsp3) is 0.200. The summed E-state index contributed by atoms with van der Waals surface area (Å²) < 4.78 is 5.95. The Morgan fingerprint density at radius 1 is 1.28 bits per heavy atom. The molecule has 5 heteroatoms. The lowest BCUT2D eigenvalue weighted by molar-refractivity contribution is 0.303. The highest BCUT2D eigenvalue weighted by atomic mass is 35.5. The molecule has 25 heavy (non-hydrogen) atoms. The van der Waals surface area contributed by atoms with Crippen LogP contribution in [0.1, 0.15) is 27.8 Å². The Morgan fingerprint density at radius 3 is 2.60 bits per heavy atom. The molecule has 3 nitrogen and oxygen atoms in total. The minimum atomic E-state index is 0.0954. The zero-order valence-corrected chi connectivity index (χ0v) is 16.0. The number of benzene rings is 2. The van der Waals surface area contributed by atoms with E-state index in [4.69, 9.17) is 34.3 Å². The Bertz CT molecular complexity index is 897. The van der Waals surface area contributed by atoms with Crippen molar-refractivity contribution < 1.29 is 4.74 Å². The highest BCUT2D eigenvalue weighted by Gasteiger charge is 2.09. The van der Waals surface area contributed by atoms with Gasteiger partial charge in [-0.2, -0.15) is 5.26 Å². The van der Waals surface area contributed by atoms with Crippen molar-refractivity contribution >= 4 is 34.9 Å². The minimum absolute atomic E-state index is 0.0954. The molecule has 2 aromatic rings. The predicted molar refractivity (Wildman–Crippen MR) is 107 cm³/mol.